The van der Waals surface area contributed by atoms with Gasteiger partial charge in [-0.1, -0.05) is 36.8 Å². The van der Waals surface area contributed by atoms with Crippen molar-refractivity contribution in [1.82, 2.24) is 10.2 Å². The van der Waals surface area contributed by atoms with E-state index in [-0.39, 0.29) is 5.91 Å². The highest BCUT2D eigenvalue weighted by atomic mass is 16.1. The number of nitrogens with zero attached hydrogens (tertiary/aromatic N) is 1. The number of carbonyl (C=O) groups excluding carboxylic acids is 1. The van der Waals surface area contributed by atoms with Crippen LogP contribution >= 0.6 is 0 Å². The Kier molecular flexibility index (Phi) is 5.29. The lowest BCUT2D eigenvalue weighted by molar-refractivity contribution is 0.0949. The van der Waals surface area contributed by atoms with E-state index in [1.165, 1.54) is 31.2 Å². The number of rotatable bonds is 5. The molecule has 0 aromatic heterocycles. The molecule has 1 unspecified atom stereocenters. The Hall–Kier alpha value is -1.87. The first-order chi connectivity index (χ1) is 11.2. The Morgan fingerprint density at radius 3 is 2.83 bits per heavy atom. The van der Waals surface area contributed by atoms with Crippen LogP contribution in [0.3, 0.4) is 0 Å². The molecule has 1 atom stereocenters. The maximum Gasteiger partial charge on any atom is 0.251 e. The summed E-state index contributed by atoms with van der Waals surface area (Å²) >= 11 is 0. The van der Waals surface area contributed by atoms with E-state index in [1.807, 2.05) is 36.4 Å². The lowest BCUT2D eigenvalue weighted by atomic mass is 10.0. The molecule has 3 heteroatoms. The molecule has 1 aliphatic heterocycles. The molecular formula is C20H26N2O. The van der Waals surface area contributed by atoms with E-state index < -0.39 is 0 Å². The molecule has 23 heavy (non-hydrogen) atoms. The van der Waals surface area contributed by atoms with Gasteiger partial charge in [0.1, 0.15) is 0 Å². The average molecular weight is 310 g/mol. The van der Waals surface area contributed by atoms with Crippen LogP contribution < -0.4 is 5.32 Å². The maximum absolute atomic E-state index is 12.3. The van der Waals surface area contributed by atoms with E-state index in [9.17, 15) is 4.79 Å². The summed E-state index contributed by atoms with van der Waals surface area (Å²) in [4.78, 5) is 14.8. The largest absolute Gasteiger partial charge is 0.352 e. The summed E-state index contributed by atoms with van der Waals surface area (Å²) in [5, 5.41) is 5.34. The zero-order chi connectivity index (χ0) is 16.1. The summed E-state index contributed by atoms with van der Waals surface area (Å²) in [5.41, 5.74) is 0.745. The second-order valence-corrected chi connectivity index (χ2v) is 6.55. The van der Waals surface area contributed by atoms with Crippen LogP contribution in [0.15, 0.2) is 42.5 Å². The topological polar surface area (TPSA) is 32.3 Å². The highest BCUT2D eigenvalue weighted by Crippen LogP contribution is 2.17. The predicted octanol–water partition coefficient (Wildman–Crippen LogP) is 3.83. The predicted molar refractivity (Wildman–Crippen MR) is 95.8 cm³/mol. The summed E-state index contributed by atoms with van der Waals surface area (Å²) < 4.78 is 0. The molecule has 2 aromatic carbocycles. The second kappa shape index (κ2) is 7.60. The van der Waals surface area contributed by atoms with Gasteiger partial charge in [0.15, 0.2) is 0 Å². The first-order valence-electron chi connectivity index (χ1n) is 8.75. The monoisotopic (exact) mass is 310 g/mol. The Balaban J connectivity index is 1.48. The SMILES string of the molecule is CC1CCCCN1CCCNC(=O)c1ccc2ccccc2c1. The molecule has 2 aromatic rings. The molecule has 1 saturated heterocycles. The minimum absolute atomic E-state index is 0.0300. The van der Waals surface area contributed by atoms with Crippen LogP contribution in [0, 0.1) is 0 Å². The number of amides is 1. The fourth-order valence-corrected chi connectivity index (χ4v) is 3.41. The van der Waals surface area contributed by atoms with E-state index in [4.69, 9.17) is 0 Å². The molecule has 0 spiro atoms. The molecule has 1 N–H and O–H groups in total. The van der Waals surface area contributed by atoms with Crippen molar-refractivity contribution in [2.24, 2.45) is 0 Å². The van der Waals surface area contributed by atoms with Crippen LogP contribution in [-0.2, 0) is 0 Å². The minimum atomic E-state index is 0.0300. The van der Waals surface area contributed by atoms with E-state index in [1.54, 1.807) is 0 Å². The molecule has 0 aliphatic carbocycles. The van der Waals surface area contributed by atoms with Crippen LogP contribution in [0.4, 0.5) is 0 Å². The van der Waals surface area contributed by atoms with Gasteiger partial charge in [0.05, 0.1) is 0 Å². The van der Waals surface area contributed by atoms with Gasteiger partial charge in [-0.05, 0) is 55.6 Å². The van der Waals surface area contributed by atoms with Crippen molar-refractivity contribution in [2.45, 2.75) is 38.6 Å². The van der Waals surface area contributed by atoms with E-state index in [0.29, 0.717) is 6.04 Å². The van der Waals surface area contributed by atoms with Crippen LogP contribution in [-0.4, -0.2) is 36.5 Å². The molecule has 1 amide bonds. The van der Waals surface area contributed by atoms with Gasteiger partial charge in [-0.25, -0.2) is 0 Å². The summed E-state index contributed by atoms with van der Waals surface area (Å²) in [5.74, 6) is 0.0300. The van der Waals surface area contributed by atoms with Crippen molar-refractivity contribution in [2.75, 3.05) is 19.6 Å². The number of benzene rings is 2. The van der Waals surface area contributed by atoms with Crippen LogP contribution in [0.2, 0.25) is 0 Å². The summed E-state index contributed by atoms with van der Waals surface area (Å²) in [6.07, 6.45) is 5.00. The summed E-state index contributed by atoms with van der Waals surface area (Å²) in [7, 11) is 0. The smallest absolute Gasteiger partial charge is 0.251 e. The third-order valence-corrected chi connectivity index (χ3v) is 4.86. The number of carbonyl (C=O) groups is 1. The highest BCUT2D eigenvalue weighted by Gasteiger charge is 2.17. The Morgan fingerprint density at radius 2 is 2.00 bits per heavy atom. The van der Waals surface area contributed by atoms with Crippen molar-refractivity contribution in [3.05, 3.63) is 48.0 Å². The Labute approximate surface area is 138 Å². The van der Waals surface area contributed by atoms with Gasteiger partial charge in [-0.2, -0.15) is 0 Å². The van der Waals surface area contributed by atoms with Crippen molar-refractivity contribution >= 4 is 16.7 Å². The van der Waals surface area contributed by atoms with Crippen LogP contribution in [0.25, 0.3) is 10.8 Å². The first kappa shape index (κ1) is 16.0. The molecule has 0 saturated carbocycles. The maximum atomic E-state index is 12.3. The lowest BCUT2D eigenvalue weighted by Gasteiger charge is -2.33. The molecule has 1 heterocycles. The average Bonchev–Trinajstić information content (AvgIpc) is 2.59. The molecule has 1 aliphatic rings. The van der Waals surface area contributed by atoms with Crippen LogP contribution in [0.1, 0.15) is 43.0 Å². The molecular weight excluding hydrogens is 284 g/mol. The van der Waals surface area contributed by atoms with Gasteiger partial charge in [-0.15, -0.1) is 0 Å². The lowest BCUT2D eigenvalue weighted by Crippen LogP contribution is -2.39. The van der Waals surface area contributed by atoms with Gasteiger partial charge in [0.2, 0.25) is 0 Å². The van der Waals surface area contributed by atoms with Crippen molar-refractivity contribution in [3.8, 4) is 0 Å². The minimum Gasteiger partial charge on any atom is -0.352 e. The van der Waals surface area contributed by atoms with Gasteiger partial charge in [0.25, 0.3) is 5.91 Å². The normalized spacial score (nSPS) is 18.9. The molecule has 3 rings (SSSR count). The second-order valence-electron chi connectivity index (χ2n) is 6.55. The fourth-order valence-electron chi connectivity index (χ4n) is 3.41. The summed E-state index contributed by atoms with van der Waals surface area (Å²) in [6.45, 7) is 5.35. The Bertz CT molecular complexity index is 667. The number of likely N-dealkylation sites (tertiary alicyclic amines) is 1. The third kappa shape index (κ3) is 4.11. The molecule has 3 nitrogen and oxygen atoms in total. The van der Waals surface area contributed by atoms with Gasteiger partial charge in [0, 0.05) is 24.7 Å². The standard InChI is InChI=1S/C20H26N2O/c1-16-7-4-5-13-22(16)14-6-12-21-20(23)19-11-10-17-8-2-3-9-18(17)15-19/h2-3,8-11,15-16H,4-7,12-14H2,1H3,(H,21,23). The number of fused-ring (bicyclic) bond motifs is 1. The van der Waals surface area contributed by atoms with E-state index in [0.717, 1.165) is 30.5 Å². The first-order valence-corrected chi connectivity index (χ1v) is 8.75. The molecule has 1 fully saturated rings. The third-order valence-electron chi connectivity index (χ3n) is 4.86. The molecule has 122 valence electrons. The zero-order valence-corrected chi connectivity index (χ0v) is 13.9. The van der Waals surface area contributed by atoms with Gasteiger partial charge >= 0.3 is 0 Å². The van der Waals surface area contributed by atoms with E-state index in [2.05, 4.69) is 23.2 Å². The number of hydrogen-bond acceptors (Lipinski definition) is 2. The summed E-state index contributed by atoms with van der Waals surface area (Å²) in [6, 6.07) is 14.7. The quantitative estimate of drug-likeness (QED) is 0.851. The van der Waals surface area contributed by atoms with E-state index >= 15 is 0 Å². The Morgan fingerprint density at radius 1 is 1.17 bits per heavy atom. The number of piperidine rings is 1. The fraction of sp³-hybridized carbons (Fsp3) is 0.450. The molecule has 0 radical (unpaired) electrons. The highest BCUT2D eigenvalue weighted by molar-refractivity contribution is 5.98. The van der Waals surface area contributed by atoms with Crippen LogP contribution in [0.5, 0.6) is 0 Å². The van der Waals surface area contributed by atoms with Gasteiger partial charge < -0.3 is 10.2 Å². The molecule has 0 bridgehead atoms. The van der Waals surface area contributed by atoms with Crippen molar-refractivity contribution < 1.29 is 4.79 Å². The number of nitrogens with one attached hydrogen (secondary N) is 1. The number of hydrogen-bond donors (Lipinski definition) is 1. The van der Waals surface area contributed by atoms with Crippen molar-refractivity contribution in [3.63, 3.8) is 0 Å². The zero-order valence-electron chi connectivity index (χ0n) is 13.9. The van der Waals surface area contributed by atoms with Gasteiger partial charge in [-0.3, -0.25) is 4.79 Å². The van der Waals surface area contributed by atoms with Crippen molar-refractivity contribution in [1.29, 1.82) is 0 Å².